The summed E-state index contributed by atoms with van der Waals surface area (Å²) >= 11 is 0. The van der Waals surface area contributed by atoms with E-state index in [1.807, 2.05) is 18.2 Å². The van der Waals surface area contributed by atoms with Crippen molar-refractivity contribution in [3.63, 3.8) is 0 Å². The van der Waals surface area contributed by atoms with E-state index in [0.29, 0.717) is 0 Å². The van der Waals surface area contributed by atoms with Gasteiger partial charge >= 0.3 is 6.09 Å². The van der Waals surface area contributed by atoms with Gasteiger partial charge in [0.05, 0.1) is 4.92 Å². The van der Waals surface area contributed by atoms with Gasteiger partial charge in [0.15, 0.2) is 4.90 Å². The Morgan fingerprint density at radius 3 is 2.48 bits per heavy atom. The van der Waals surface area contributed by atoms with Crippen molar-refractivity contribution in [1.29, 1.82) is 0 Å². The van der Waals surface area contributed by atoms with Crippen molar-refractivity contribution >= 4 is 21.8 Å². The number of nitro benzene ring substituents is 1. The molecule has 0 saturated heterocycles. The van der Waals surface area contributed by atoms with E-state index in [1.54, 1.807) is 12.1 Å². The lowest BCUT2D eigenvalue weighted by atomic mass is 10.2. The van der Waals surface area contributed by atoms with Crippen molar-refractivity contribution in [2.45, 2.75) is 11.5 Å². The number of sulfonamides is 1. The standard InChI is InChI=1S/C19H21N3O6S/c1-2-13-21(29(26,27)18-11-7-6-10-17(18)22(24)25)14-12-20-19(23)28-15-16-8-4-3-5-9-16/h2-11H,1,12-15H2,(H,20,23). The average Bonchev–Trinajstić information content (AvgIpc) is 2.72. The number of hydrogen-bond acceptors (Lipinski definition) is 6. The number of carbonyl (C=O) groups excluding carboxylic acids is 1. The average molecular weight is 419 g/mol. The van der Waals surface area contributed by atoms with Crippen molar-refractivity contribution in [2.75, 3.05) is 19.6 Å². The van der Waals surface area contributed by atoms with Crippen molar-refractivity contribution < 1.29 is 22.9 Å². The first-order chi connectivity index (χ1) is 13.9. The summed E-state index contributed by atoms with van der Waals surface area (Å²) in [6, 6.07) is 14.2. The van der Waals surface area contributed by atoms with Crippen molar-refractivity contribution in [3.8, 4) is 0 Å². The van der Waals surface area contributed by atoms with Gasteiger partial charge in [0.1, 0.15) is 6.61 Å². The summed E-state index contributed by atoms with van der Waals surface area (Å²) in [5.74, 6) is 0. The molecule has 1 amide bonds. The number of alkyl carbamates (subject to hydrolysis) is 1. The molecule has 1 N–H and O–H groups in total. The van der Waals surface area contributed by atoms with Crippen molar-refractivity contribution in [1.82, 2.24) is 9.62 Å². The first-order valence-electron chi connectivity index (χ1n) is 8.65. The Morgan fingerprint density at radius 2 is 1.83 bits per heavy atom. The van der Waals surface area contributed by atoms with Crippen LogP contribution in [0.2, 0.25) is 0 Å². The highest BCUT2D eigenvalue weighted by Crippen LogP contribution is 2.26. The molecule has 0 atom stereocenters. The number of nitro groups is 1. The zero-order chi connectivity index (χ0) is 21.3. The highest BCUT2D eigenvalue weighted by Gasteiger charge is 2.30. The van der Waals surface area contributed by atoms with Crippen LogP contribution in [0.5, 0.6) is 0 Å². The molecule has 0 spiro atoms. The minimum Gasteiger partial charge on any atom is -0.445 e. The maximum Gasteiger partial charge on any atom is 0.407 e. The lowest BCUT2D eigenvalue weighted by molar-refractivity contribution is -0.387. The van der Waals surface area contributed by atoms with Crippen LogP contribution < -0.4 is 5.32 Å². The van der Waals surface area contributed by atoms with Gasteiger partial charge < -0.3 is 10.1 Å². The van der Waals surface area contributed by atoms with Crippen LogP contribution in [0.25, 0.3) is 0 Å². The van der Waals surface area contributed by atoms with Gasteiger partial charge in [-0.3, -0.25) is 10.1 Å². The summed E-state index contributed by atoms with van der Waals surface area (Å²) in [6.45, 7) is 3.38. The molecule has 0 aliphatic rings. The third kappa shape index (κ3) is 6.13. The topological polar surface area (TPSA) is 119 Å². The number of nitrogens with one attached hydrogen (secondary N) is 1. The number of carbonyl (C=O) groups is 1. The molecule has 154 valence electrons. The molecule has 9 nitrogen and oxygen atoms in total. The Labute approximate surface area is 168 Å². The Balaban J connectivity index is 2.00. The maximum atomic E-state index is 12.9. The van der Waals surface area contributed by atoms with Gasteiger partial charge in [0.25, 0.3) is 5.69 Å². The van der Waals surface area contributed by atoms with Gasteiger partial charge in [0.2, 0.25) is 10.0 Å². The molecule has 0 heterocycles. The quantitative estimate of drug-likeness (QED) is 0.359. The number of benzene rings is 2. The summed E-state index contributed by atoms with van der Waals surface area (Å²) in [7, 11) is -4.16. The minimum atomic E-state index is -4.16. The molecule has 0 fully saturated rings. The molecule has 10 heteroatoms. The third-order valence-corrected chi connectivity index (χ3v) is 5.77. The van der Waals surface area contributed by atoms with Crippen LogP contribution in [0.15, 0.2) is 72.1 Å². The first-order valence-corrected chi connectivity index (χ1v) is 10.1. The normalized spacial score (nSPS) is 11.1. The molecule has 0 radical (unpaired) electrons. The Bertz CT molecular complexity index is 963. The smallest absolute Gasteiger partial charge is 0.407 e. The number of nitrogens with zero attached hydrogens (tertiary/aromatic N) is 2. The van der Waals surface area contributed by atoms with Crippen LogP contribution in [-0.4, -0.2) is 43.4 Å². The van der Waals surface area contributed by atoms with E-state index >= 15 is 0 Å². The van der Waals surface area contributed by atoms with E-state index in [-0.39, 0.29) is 26.2 Å². The largest absolute Gasteiger partial charge is 0.445 e. The van der Waals surface area contributed by atoms with Crippen LogP contribution in [0.4, 0.5) is 10.5 Å². The molecule has 2 aromatic rings. The lowest BCUT2D eigenvalue weighted by Gasteiger charge is -2.20. The molecule has 0 aliphatic heterocycles. The molecule has 0 aliphatic carbocycles. The second-order valence-corrected chi connectivity index (χ2v) is 7.77. The van der Waals surface area contributed by atoms with Gasteiger partial charge in [0, 0.05) is 25.7 Å². The van der Waals surface area contributed by atoms with E-state index in [2.05, 4.69) is 11.9 Å². The summed E-state index contributed by atoms with van der Waals surface area (Å²) < 4.78 is 31.8. The molecule has 2 rings (SSSR count). The van der Waals surface area contributed by atoms with Crippen LogP contribution in [0, 0.1) is 10.1 Å². The molecular formula is C19H21N3O6S. The predicted molar refractivity (Wildman–Crippen MR) is 107 cm³/mol. The monoisotopic (exact) mass is 419 g/mol. The maximum absolute atomic E-state index is 12.9. The predicted octanol–water partition coefficient (Wildman–Crippen LogP) is 2.70. The molecule has 0 saturated carbocycles. The fraction of sp³-hybridized carbons (Fsp3) is 0.211. The summed E-state index contributed by atoms with van der Waals surface area (Å²) in [4.78, 5) is 21.8. The SMILES string of the molecule is C=CCN(CCNC(=O)OCc1ccccc1)S(=O)(=O)c1ccccc1[N+](=O)[O-]. The number of para-hydroxylation sites is 1. The number of hydrogen-bond donors (Lipinski definition) is 1. The lowest BCUT2D eigenvalue weighted by Crippen LogP contribution is -2.39. The molecule has 0 bridgehead atoms. The minimum absolute atomic E-state index is 0.0404. The van der Waals surface area contributed by atoms with E-state index in [9.17, 15) is 23.3 Å². The van der Waals surface area contributed by atoms with Crippen LogP contribution in [0.1, 0.15) is 5.56 Å². The highest BCUT2D eigenvalue weighted by molar-refractivity contribution is 7.89. The number of rotatable bonds is 10. The zero-order valence-electron chi connectivity index (χ0n) is 15.6. The molecule has 0 aromatic heterocycles. The van der Waals surface area contributed by atoms with Gasteiger partial charge in [-0.25, -0.2) is 13.2 Å². The van der Waals surface area contributed by atoms with Crippen molar-refractivity contribution in [3.05, 3.63) is 82.9 Å². The highest BCUT2D eigenvalue weighted by atomic mass is 32.2. The molecular weight excluding hydrogens is 398 g/mol. The van der Waals surface area contributed by atoms with E-state index in [1.165, 1.54) is 24.3 Å². The van der Waals surface area contributed by atoms with Gasteiger partial charge in [-0.15, -0.1) is 6.58 Å². The van der Waals surface area contributed by atoms with Crippen molar-refractivity contribution in [2.24, 2.45) is 0 Å². The number of ether oxygens (including phenoxy) is 1. The third-order valence-electron chi connectivity index (χ3n) is 3.86. The first kappa shape index (κ1) is 22.1. The molecule has 29 heavy (non-hydrogen) atoms. The summed E-state index contributed by atoms with van der Waals surface area (Å²) in [5.41, 5.74) is 0.298. The number of amides is 1. The summed E-state index contributed by atoms with van der Waals surface area (Å²) in [6.07, 6.45) is 0.663. The summed E-state index contributed by atoms with van der Waals surface area (Å²) in [5, 5.41) is 13.6. The molecule has 2 aromatic carbocycles. The fourth-order valence-corrected chi connectivity index (χ4v) is 4.04. The zero-order valence-corrected chi connectivity index (χ0v) is 16.4. The van der Waals surface area contributed by atoms with E-state index in [4.69, 9.17) is 4.74 Å². The van der Waals surface area contributed by atoms with Gasteiger partial charge in [-0.1, -0.05) is 48.5 Å². The second kappa shape index (κ2) is 10.3. The molecule has 0 unspecified atom stereocenters. The van der Waals surface area contributed by atoms with E-state index < -0.39 is 31.6 Å². The van der Waals surface area contributed by atoms with Crippen LogP contribution in [0.3, 0.4) is 0 Å². The van der Waals surface area contributed by atoms with Gasteiger partial charge in [-0.2, -0.15) is 4.31 Å². The van der Waals surface area contributed by atoms with Crippen LogP contribution >= 0.6 is 0 Å². The Hall–Kier alpha value is -3.24. The second-order valence-electron chi connectivity index (χ2n) is 5.87. The van der Waals surface area contributed by atoms with Crippen LogP contribution in [-0.2, 0) is 21.4 Å². The van der Waals surface area contributed by atoms with E-state index in [0.717, 1.165) is 15.9 Å². The fourth-order valence-electron chi connectivity index (χ4n) is 2.48. The van der Waals surface area contributed by atoms with Gasteiger partial charge in [-0.05, 0) is 11.6 Å². The Morgan fingerprint density at radius 1 is 1.17 bits per heavy atom. The Kier molecular flexibility index (Phi) is 7.87.